The van der Waals surface area contributed by atoms with Gasteiger partial charge < -0.3 is 29.9 Å². The Hall–Kier alpha value is -2.74. The summed E-state index contributed by atoms with van der Waals surface area (Å²) >= 11 is 0. The number of aliphatic hydroxyl groups excluding tert-OH is 4. The Morgan fingerprint density at radius 3 is 2.42 bits per heavy atom. The molecule has 1 saturated heterocycles. The number of rotatable bonds is 5. The third-order valence-electron chi connectivity index (χ3n) is 5.49. The predicted octanol–water partition coefficient (Wildman–Crippen LogP) is 2.50. The van der Waals surface area contributed by atoms with E-state index < -0.39 is 37.3 Å². The topological polar surface area (TPSA) is 99.4 Å². The van der Waals surface area contributed by atoms with Gasteiger partial charge >= 0.3 is 0 Å². The quantitative estimate of drug-likeness (QED) is 0.472. The van der Waals surface area contributed by atoms with Crippen molar-refractivity contribution in [3.8, 4) is 5.75 Å². The molecule has 0 bridgehead atoms. The number of aryl methyl sites for hydroxylation is 1. The highest BCUT2D eigenvalue weighted by Crippen LogP contribution is 2.35. The van der Waals surface area contributed by atoms with E-state index in [9.17, 15) is 20.4 Å². The van der Waals surface area contributed by atoms with E-state index in [1.165, 1.54) is 0 Å². The van der Waals surface area contributed by atoms with Gasteiger partial charge in [0, 0.05) is 10.9 Å². The Morgan fingerprint density at radius 2 is 1.68 bits per heavy atom. The molecule has 1 aliphatic rings. The molecule has 3 aromatic rings. The number of hydrogen-bond acceptors (Lipinski definition) is 6. The minimum Gasteiger partial charge on any atom is -0.461 e. The van der Waals surface area contributed by atoms with Gasteiger partial charge in [0.05, 0.1) is 6.61 Å². The van der Waals surface area contributed by atoms with Crippen LogP contribution < -0.4 is 4.74 Å². The number of aliphatic hydroxyl groups is 4. The third-order valence-corrected chi connectivity index (χ3v) is 5.49. The van der Waals surface area contributed by atoms with Gasteiger partial charge in [-0.05, 0) is 17.9 Å². The van der Waals surface area contributed by atoms with Crippen molar-refractivity contribution in [2.45, 2.75) is 37.6 Å². The molecule has 31 heavy (non-hydrogen) atoms. The van der Waals surface area contributed by atoms with Crippen molar-refractivity contribution in [2.24, 2.45) is 0 Å². The van der Waals surface area contributed by atoms with Crippen LogP contribution in [-0.4, -0.2) is 57.7 Å². The van der Waals surface area contributed by atoms with Crippen LogP contribution in [0.4, 0.5) is 0 Å². The summed E-state index contributed by atoms with van der Waals surface area (Å²) in [6.07, 6.45) is -2.85. The molecule has 0 saturated carbocycles. The Bertz CT molecular complexity index is 1060. The monoisotopic (exact) mass is 422 g/mol. The highest BCUT2D eigenvalue weighted by Gasteiger charge is 2.45. The van der Waals surface area contributed by atoms with Crippen molar-refractivity contribution in [1.29, 1.82) is 0 Å². The smallest absolute Gasteiger partial charge is 0.229 e. The molecule has 1 heterocycles. The van der Waals surface area contributed by atoms with Crippen LogP contribution in [0.25, 0.3) is 22.9 Å². The molecule has 6 heteroatoms. The van der Waals surface area contributed by atoms with E-state index in [0.29, 0.717) is 5.75 Å². The van der Waals surface area contributed by atoms with Crippen LogP contribution in [0.5, 0.6) is 5.75 Å². The SMILES string of the molecule is Cc1ccc2c(OC3O[C@H](CO)[C@@H](O)[C@H](O)[C@H]3O)c(/C=C/c3ccccc3)ccc2c1. The van der Waals surface area contributed by atoms with Crippen LogP contribution in [-0.2, 0) is 4.74 Å². The van der Waals surface area contributed by atoms with Crippen molar-refractivity contribution < 1.29 is 29.9 Å². The molecule has 0 radical (unpaired) electrons. The molecule has 5 atom stereocenters. The largest absolute Gasteiger partial charge is 0.461 e. The van der Waals surface area contributed by atoms with Gasteiger partial charge in [-0.25, -0.2) is 0 Å². The fraction of sp³-hybridized carbons (Fsp3) is 0.280. The van der Waals surface area contributed by atoms with E-state index in [0.717, 1.165) is 27.5 Å². The lowest BCUT2D eigenvalue weighted by Gasteiger charge is -2.39. The lowest BCUT2D eigenvalue weighted by molar-refractivity contribution is -0.277. The Kier molecular flexibility index (Phi) is 6.36. The van der Waals surface area contributed by atoms with Gasteiger partial charge in [0.15, 0.2) is 0 Å². The van der Waals surface area contributed by atoms with Gasteiger partial charge in [0.25, 0.3) is 0 Å². The highest BCUT2D eigenvalue weighted by molar-refractivity contribution is 5.93. The minimum absolute atomic E-state index is 0.481. The fourth-order valence-electron chi connectivity index (χ4n) is 3.73. The summed E-state index contributed by atoms with van der Waals surface area (Å²) < 4.78 is 11.7. The van der Waals surface area contributed by atoms with E-state index in [4.69, 9.17) is 9.47 Å². The fourth-order valence-corrected chi connectivity index (χ4v) is 3.73. The molecule has 162 valence electrons. The molecular weight excluding hydrogens is 396 g/mol. The van der Waals surface area contributed by atoms with Crippen LogP contribution in [0.15, 0.2) is 60.7 Å². The summed E-state index contributed by atoms with van der Waals surface area (Å²) in [5, 5.41) is 41.9. The highest BCUT2D eigenvalue weighted by atomic mass is 16.7. The molecular formula is C25H26O6. The molecule has 0 spiro atoms. The van der Waals surface area contributed by atoms with Crippen molar-refractivity contribution >= 4 is 22.9 Å². The number of fused-ring (bicyclic) bond motifs is 1. The predicted molar refractivity (Wildman–Crippen MR) is 118 cm³/mol. The van der Waals surface area contributed by atoms with E-state index in [-0.39, 0.29) is 0 Å². The zero-order valence-electron chi connectivity index (χ0n) is 17.1. The van der Waals surface area contributed by atoms with Gasteiger partial charge in [-0.15, -0.1) is 0 Å². The van der Waals surface area contributed by atoms with E-state index in [2.05, 4.69) is 0 Å². The maximum Gasteiger partial charge on any atom is 0.229 e. The van der Waals surface area contributed by atoms with Crippen molar-refractivity contribution in [3.63, 3.8) is 0 Å². The first kappa shape index (κ1) is 21.5. The number of hydrogen-bond donors (Lipinski definition) is 4. The van der Waals surface area contributed by atoms with E-state index in [1.54, 1.807) is 0 Å². The van der Waals surface area contributed by atoms with Crippen LogP contribution in [0.3, 0.4) is 0 Å². The third kappa shape index (κ3) is 4.49. The molecule has 4 N–H and O–H groups in total. The van der Waals surface area contributed by atoms with Crippen LogP contribution in [0.2, 0.25) is 0 Å². The average molecular weight is 422 g/mol. The van der Waals surface area contributed by atoms with E-state index in [1.807, 2.05) is 79.7 Å². The lowest BCUT2D eigenvalue weighted by Crippen LogP contribution is -2.60. The second kappa shape index (κ2) is 9.18. The Morgan fingerprint density at radius 1 is 0.903 bits per heavy atom. The standard InChI is InChI=1S/C25H26O6/c1-15-7-12-19-18(13-15)11-10-17(9-8-16-5-3-2-4-6-16)24(19)31-25-23(29)22(28)21(27)20(14-26)30-25/h2-13,20-23,25-29H,14H2,1H3/b9-8+/t20-,21-,22+,23-,25?/m1/s1. The van der Waals surface area contributed by atoms with Crippen molar-refractivity contribution in [2.75, 3.05) is 6.61 Å². The lowest BCUT2D eigenvalue weighted by atomic mass is 9.99. The van der Waals surface area contributed by atoms with E-state index >= 15 is 0 Å². The Labute approximate surface area is 180 Å². The molecule has 1 unspecified atom stereocenters. The second-order valence-electron chi connectivity index (χ2n) is 7.77. The molecule has 0 aromatic heterocycles. The summed E-state index contributed by atoms with van der Waals surface area (Å²) in [5.74, 6) is 0.481. The molecule has 3 aromatic carbocycles. The average Bonchev–Trinajstić information content (AvgIpc) is 2.79. The maximum absolute atomic E-state index is 10.4. The zero-order chi connectivity index (χ0) is 22.0. The zero-order valence-corrected chi connectivity index (χ0v) is 17.1. The number of ether oxygens (including phenoxy) is 2. The first-order valence-corrected chi connectivity index (χ1v) is 10.2. The van der Waals surface area contributed by atoms with Crippen LogP contribution in [0, 0.1) is 6.92 Å². The summed E-state index contributed by atoms with van der Waals surface area (Å²) in [6, 6.07) is 19.7. The Balaban J connectivity index is 1.74. The first-order chi connectivity index (χ1) is 15.0. The van der Waals surface area contributed by atoms with Crippen molar-refractivity contribution in [3.05, 3.63) is 77.4 Å². The molecule has 1 fully saturated rings. The van der Waals surface area contributed by atoms with Gasteiger partial charge in [-0.1, -0.05) is 78.4 Å². The molecule has 6 nitrogen and oxygen atoms in total. The van der Waals surface area contributed by atoms with Crippen LogP contribution in [0.1, 0.15) is 16.7 Å². The second-order valence-corrected chi connectivity index (χ2v) is 7.77. The minimum atomic E-state index is -1.50. The molecule has 0 aliphatic carbocycles. The first-order valence-electron chi connectivity index (χ1n) is 10.2. The summed E-state index contributed by atoms with van der Waals surface area (Å²) in [7, 11) is 0. The molecule has 1 aliphatic heterocycles. The van der Waals surface area contributed by atoms with Crippen LogP contribution >= 0.6 is 0 Å². The van der Waals surface area contributed by atoms with Gasteiger partial charge in [-0.3, -0.25) is 0 Å². The molecule has 0 amide bonds. The summed E-state index contributed by atoms with van der Waals surface area (Å²) in [4.78, 5) is 0. The number of benzene rings is 3. The van der Waals surface area contributed by atoms with Gasteiger partial charge in [-0.2, -0.15) is 0 Å². The maximum atomic E-state index is 10.4. The van der Waals surface area contributed by atoms with Crippen molar-refractivity contribution in [1.82, 2.24) is 0 Å². The summed E-state index contributed by atoms with van der Waals surface area (Å²) in [5.41, 5.74) is 2.88. The van der Waals surface area contributed by atoms with Gasteiger partial charge in [0.2, 0.25) is 6.29 Å². The van der Waals surface area contributed by atoms with Gasteiger partial charge in [0.1, 0.15) is 30.2 Å². The molecule has 4 rings (SSSR count). The normalized spacial score (nSPS) is 26.4. The summed E-state index contributed by atoms with van der Waals surface area (Å²) in [6.45, 7) is 1.49.